The maximum atomic E-state index is 4.92. The van der Waals surface area contributed by atoms with Gasteiger partial charge in [-0.15, -0.1) is 0 Å². The smallest absolute Gasteiger partial charge is 0.213 e. The van der Waals surface area contributed by atoms with E-state index in [4.69, 9.17) is 9.97 Å². The van der Waals surface area contributed by atoms with E-state index in [1.807, 2.05) is 0 Å². The van der Waals surface area contributed by atoms with Crippen molar-refractivity contribution >= 4 is 17.2 Å². The number of anilines is 2. The first-order chi connectivity index (χ1) is 12.3. The van der Waals surface area contributed by atoms with Crippen LogP contribution in [0.15, 0.2) is 18.2 Å². The number of nitrogens with one attached hydrogen (secondary N) is 1. The highest BCUT2D eigenvalue weighted by atomic mass is 15.2. The number of aryl methyl sites for hydroxylation is 5. The predicted molar refractivity (Wildman–Crippen MR) is 110 cm³/mol. The number of rotatable bonds is 5. The van der Waals surface area contributed by atoms with Crippen LogP contribution < -0.4 is 5.32 Å². The Bertz CT molecular complexity index is 925. The van der Waals surface area contributed by atoms with Crippen molar-refractivity contribution in [3.8, 4) is 0 Å². The summed E-state index contributed by atoms with van der Waals surface area (Å²) in [6.45, 7) is 15.0. The molecule has 3 aromatic rings. The van der Waals surface area contributed by atoms with Crippen molar-refractivity contribution in [3.63, 3.8) is 0 Å². The minimum atomic E-state index is 0.483. The summed E-state index contributed by atoms with van der Waals surface area (Å²) in [7, 11) is 0. The molecule has 4 heteroatoms. The lowest BCUT2D eigenvalue weighted by atomic mass is 9.98. The number of imidazole rings is 1. The first-order valence-electron chi connectivity index (χ1n) is 9.57. The zero-order valence-corrected chi connectivity index (χ0v) is 17.1. The Labute approximate surface area is 156 Å². The van der Waals surface area contributed by atoms with Crippen LogP contribution >= 0.6 is 0 Å². The van der Waals surface area contributed by atoms with Gasteiger partial charge in [0, 0.05) is 17.3 Å². The molecule has 2 heterocycles. The second kappa shape index (κ2) is 7.10. The molecule has 0 fully saturated rings. The minimum absolute atomic E-state index is 0.483. The van der Waals surface area contributed by atoms with E-state index in [0.29, 0.717) is 5.92 Å². The van der Waals surface area contributed by atoms with Gasteiger partial charge in [-0.1, -0.05) is 31.5 Å². The monoisotopic (exact) mass is 350 g/mol. The Balaban J connectivity index is 2.19. The Morgan fingerprint density at radius 2 is 1.54 bits per heavy atom. The van der Waals surface area contributed by atoms with Gasteiger partial charge in [0.25, 0.3) is 0 Å². The van der Waals surface area contributed by atoms with Crippen LogP contribution in [0.2, 0.25) is 0 Å². The molecule has 0 radical (unpaired) electrons. The van der Waals surface area contributed by atoms with Gasteiger partial charge < -0.3 is 5.32 Å². The molecule has 0 amide bonds. The van der Waals surface area contributed by atoms with Crippen LogP contribution in [0.1, 0.15) is 66.5 Å². The third-order valence-corrected chi connectivity index (χ3v) is 5.23. The standard InChI is InChI=1S/C22H30N4/c1-8-18(9-2)21-19-12-16(6)23-22(26(19)17(7)24-21)25-20-14(4)10-13(3)11-15(20)5/h10-12,18H,8-9H2,1-7H3,(H,23,25). The van der Waals surface area contributed by atoms with E-state index in [0.717, 1.165) is 36.0 Å². The largest absolute Gasteiger partial charge is 0.325 e. The molecule has 0 aliphatic rings. The number of hydrogen-bond acceptors (Lipinski definition) is 3. The van der Waals surface area contributed by atoms with E-state index in [2.05, 4.69) is 76.4 Å². The molecule has 2 aromatic heterocycles. The minimum Gasteiger partial charge on any atom is -0.325 e. The third-order valence-electron chi connectivity index (χ3n) is 5.23. The lowest BCUT2D eigenvalue weighted by molar-refractivity contribution is 0.630. The molecule has 3 rings (SSSR count). The first kappa shape index (κ1) is 18.4. The maximum Gasteiger partial charge on any atom is 0.213 e. The summed E-state index contributed by atoms with van der Waals surface area (Å²) >= 11 is 0. The lowest BCUT2D eigenvalue weighted by Crippen LogP contribution is -2.07. The Morgan fingerprint density at radius 3 is 2.12 bits per heavy atom. The van der Waals surface area contributed by atoms with Gasteiger partial charge in [-0.25, -0.2) is 9.97 Å². The van der Waals surface area contributed by atoms with E-state index in [9.17, 15) is 0 Å². The van der Waals surface area contributed by atoms with Crippen molar-refractivity contribution in [2.45, 2.75) is 67.2 Å². The number of aromatic nitrogens is 3. The summed E-state index contributed by atoms with van der Waals surface area (Å²) in [4.78, 5) is 9.72. The van der Waals surface area contributed by atoms with E-state index in [-0.39, 0.29) is 0 Å². The van der Waals surface area contributed by atoms with Crippen molar-refractivity contribution in [3.05, 3.63) is 52.1 Å². The van der Waals surface area contributed by atoms with Gasteiger partial charge in [-0.2, -0.15) is 0 Å². The molecule has 1 N–H and O–H groups in total. The fourth-order valence-electron chi connectivity index (χ4n) is 3.97. The summed E-state index contributed by atoms with van der Waals surface area (Å²) in [5.41, 5.74) is 8.25. The van der Waals surface area contributed by atoms with Gasteiger partial charge in [0.2, 0.25) is 5.95 Å². The quantitative estimate of drug-likeness (QED) is 0.621. The van der Waals surface area contributed by atoms with Gasteiger partial charge >= 0.3 is 0 Å². The van der Waals surface area contributed by atoms with E-state index in [1.165, 1.54) is 27.9 Å². The summed E-state index contributed by atoms with van der Waals surface area (Å²) < 4.78 is 2.17. The van der Waals surface area contributed by atoms with E-state index >= 15 is 0 Å². The topological polar surface area (TPSA) is 42.2 Å². The molecule has 0 saturated carbocycles. The molecule has 138 valence electrons. The van der Waals surface area contributed by atoms with Gasteiger partial charge in [0.05, 0.1) is 11.2 Å². The zero-order chi connectivity index (χ0) is 19.0. The fraction of sp³-hybridized carbons (Fsp3) is 0.455. The molecule has 0 atom stereocenters. The second-order valence-corrected chi connectivity index (χ2v) is 7.40. The van der Waals surface area contributed by atoms with Crippen LogP contribution in [-0.4, -0.2) is 14.4 Å². The van der Waals surface area contributed by atoms with Gasteiger partial charge in [0.15, 0.2) is 0 Å². The second-order valence-electron chi connectivity index (χ2n) is 7.40. The third kappa shape index (κ3) is 3.20. The molecular formula is C22H30N4. The van der Waals surface area contributed by atoms with Crippen LogP contribution in [0.4, 0.5) is 11.6 Å². The van der Waals surface area contributed by atoms with E-state index < -0.39 is 0 Å². The number of hydrogen-bond donors (Lipinski definition) is 1. The molecule has 0 saturated heterocycles. The highest BCUT2D eigenvalue weighted by Gasteiger charge is 2.19. The van der Waals surface area contributed by atoms with Crippen molar-refractivity contribution in [2.75, 3.05) is 5.32 Å². The maximum absolute atomic E-state index is 4.92. The molecule has 1 aromatic carbocycles. The molecule has 0 spiro atoms. The summed E-state index contributed by atoms with van der Waals surface area (Å²) in [5.74, 6) is 2.31. The molecule has 0 bridgehead atoms. The van der Waals surface area contributed by atoms with Crippen molar-refractivity contribution < 1.29 is 0 Å². The average Bonchev–Trinajstić information content (AvgIpc) is 2.88. The lowest BCUT2D eigenvalue weighted by Gasteiger charge is -2.16. The molecular weight excluding hydrogens is 320 g/mol. The fourth-order valence-corrected chi connectivity index (χ4v) is 3.97. The first-order valence-corrected chi connectivity index (χ1v) is 9.57. The van der Waals surface area contributed by atoms with Crippen LogP contribution in [-0.2, 0) is 0 Å². The van der Waals surface area contributed by atoms with Crippen LogP contribution in [0.5, 0.6) is 0 Å². The predicted octanol–water partition coefficient (Wildman–Crippen LogP) is 5.92. The molecule has 0 aliphatic heterocycles. The van der Waals surface area contributed by atoms with Crippen molar-refractivity contribution in [2.24, 2.45) is 0 Å². The van der Waals surface area contributed by atoms with Crippen molar-refractivity contribution in [1.82, 2.24) is 14.4 Å². The zero-order valence-electron chi connectivity index (χ0n) is 17.1. The highest BCUT2D eigenvalue weighted by Crippen LogP contribution is 2.31. The van der Waals surface area contributed by atoms with Gasteiger partial charge in [-0.3, -0.25) is 4.40 Å². The average molecular weight is 351 g/mol. The van der Waals surface area contributed by atoms with Crippen molar-refractivity contribution in [1.29, 1.82) is 0 Å². The SMILES string of the molecule is CCC(CC)c1nc(C)n2c(Nc3c(C)cc(C)cc3C)nc(C)cc12. The van der Waals surface area contributed by atoms with Gasteiger partial charge in [-0.05, 0) is 64.7 Å². The Kier molecular flexibility index (Phi) is 5.03. The normalized spacial score (nSPS) is 11.5. The Morgan fingerprint density at radius 1 is 0.923 bits per heavy atom. The van der Waals surface area contributed by atoms with Crippen LogP contribution in [0.3, 0.4) is 0 Å². The summed E-state index contributed by atoms with van der Waals surface area (Å²) in [5, 5.41) is 3.59. The molecule has 0 unspecified atom stereocenters. The molecule has 26 heavy (non-hydrogen) atoms. The summed E-state index contributed by atoms with van der Waals surface area (Å²) in [6.07, 6.45) is 2.20. The van der Waals surface area contributed by atoms with E-state index in [1.54, 1.807) is 0 Å². The Hall–Kier alpha value is -2.36. The van der Waals surface area contributed by atoms with Crippen LogP contribution in [0, 0.1) is 34.6 Å². The highest BCUT2D eigenvalue weighted by molar-refractivity contribution is 5.67. The number of nitrogens with zero attached hydrogens (tertiary/aromatic N) is 3. The molecule has 4 nitrogen and oxygen atoms in total. The molecule has 0 aliphatic carbocycles. The number of fused-ring (bicyclic) bond motifs is 1. The van der Waals surface area contributed by atoms with Gasteiger partial charge in [0.1, 0.15) is 5.82 Å². The van der Waals surface area contributed by atoms with Crippen LogP contribution in [0.25, 0.3) is 5.52 Å². The number of benzene rings is 1. The summed E-state index contributed by atoms with van der Waals surface area (Å²) in [6, 6.07) is 6.57.